The van der Waals surface area contributed by atoms with Crippen LogP contribution in [0.25, 0.3) is 27.6 Å². The lowest BCUT2D eigenvalue weighted by molar-refractivity contribution is 0.874. The lowest BCUT2D eigenvalue weighted by Gasteiger charge is -2.15. The molecule has 0 saturated heterocycles. The van der Waals surface area contributed by atoms with Gasteiger partial charge in [0.1, 0.15) is 0 Å². The Bertz CT molecular complexity index is 797. The summed E-state index contributed by atoms with van der Waals surface area (Å²) in [7, 11) is 0. The maximum absolute atomic E-state index is 3.39. The molecule has 0 amide bonds. The Labute approximate surface area is 128 Å². The Morgan fingerprint density at radius 3 is 2.25 bits per heavy atom. The molecule has 0 aliphatic carbocycles. The Hall–Kier alpha value is -1.60. The summed E-state index contributed by atoms with van der Waals surface area (Å²) >= 11 is 3.39. The third-order valence-corrected chi connectivity index (χ3v) is 4.05. The Balaban J connectivity index is 2.42. The predicted octanol–water partition coefficient (Wildman–Crippen LogP) is 6.48. The van der Waals surface area contributed by atoms with Crippen molar-refractivity contribution in [2.45, 2.75) is 19.8 Å². The highest BCUT2D eigenvalue weighted by Gasteiger charge is 2.10. The molecule has 0 radical (unpaired) electrons. The number of hydrogen-bond acceptors (Lipinski definition) is 0. The van der Waals surface area contributed by atoms with E-state index in [0.29, 0.717) is 5.92 Å². The standard InChI is InChI=1S/C19H17Br/c1-13(2)19-14(9-10-20)7-8-17-11-15-5-3-4-6-16(15)12-18(17)19/h3-13H,1-2H3/b10-9+. The van der Waals surface area contributed by atoms with E-state index in [-0.39, 0.29) is 0 Å². The van der Waals surface area contributed by atoms with Gasteiger partial charge in [-0.25, -0.2) is 0 Å². The van der Waals surface area contributed by atoms with Gasteiger partial charge in [0.15, 0.2) is 0 Å². The first-order chi connectivity index (χ1) is 9.70. The monoisotopic (exact) mass is 324 g/mol. The summed E-state index contributed by atoms with van der Waals surface area (Å²) in [4.78, 5) is 1.93. The van der Waals surface area contributed by atoms with Crippen LogP contribution in [0.5, 0.6) is 0 Å². The van der Waals surface area contributed by atoms with Crippen LogP contribution in [0.4, 0.5) is 0 Å². The van der Waals surface area contributed by atoms with Crippen LogP contribution in [0, 0.1) is 0 Å². The third kappa shape index (κ3) is 2.27. The minimum atomic E-state index is 0.499. The maximum Gasteiger partial charge on any atom is -0.0137 e. The molecule has 0 aromatic heterocycles. The van der Waals surface area contributed by atoms with Crippen LogP contribution in [0.15, 0.2) is 53.5 Å². The van der Waals surface area contributed by atoms with E-state index < -0.39 is 0 Å². The van der Waals surface area contributed by atoms with Crippen molar-refractivity contribution >= 4 is 43.6 Å². The molecule has 3 aromatic rings. The van der Waals surface area contributed by atoms with Crippen molar-refractivity contribution in [2.24, 2.45) is 0 Å². The van der Waals surface area contributed by atoms with Gasteiger partial charge in [-0.3, -0.25) is 0 Å². The first-order valence-corrected chi connectivity index (χ1v) is 7.84. The first kappa shape index (κ1) is 13.4. The summed E-state index contributed by atoms with van der Waals surface area (Å²) in [6.07, 6.45) is 2.13. The Morgan fingerprint density at radius 2 is 1.60 bits per heavy atom. The van der Waals surface area contributed by atoms with Gasteiger partial charge in [-0.05, 0) is 61.8 Å². The fourth-order valence-corrected chi connectivity index (χ4v) is 3.20. The van der Waals surface area contributed by atoms with Gasteiger partial charge < -0.3 is 0 Å². The van der Waals surface area contributed by atoms with Crippen molar-refractivity contribution in [3.05, 3.63) is 64.6 Å². The molecule has 0 aliphatic rings. The minimum absolute atomic E-state index is 0.499. The molecule has 1 heteroatoms. The molecule has 0 aliphatic heterocycles. The molecule has 0 unspecified atom stereocenters. The second-order valence-corrected chi connectivity index (χ2v) is 5.96. The van der Waals surface area contributed by atoms with Crippen LogP contribution < -0.4 is 0 Å². The fraction of sp³-hybridized carbons (Fsp3) is 0.158. The summed E-state index contributed by atoms with van der Waals surface area (Å²) in [6, 6.07) is 17.6. The topological polar surface area (TPSA) is 0 Å². The van der Waals surface area contributed by atoms with Gasteiger partial charge in [0.25, 0.3) is 0 Å². The smallest absolute Gasteiger partial charge is 0.0137 e. The van der Waals surface area contributed by atoms with Crippen LogP contribution in [0.3, 0.4) is 0 Å². The van der Waals surface area contributed by atoms with Crippen molar-refractivity contribution in [1.82, 2.24) is 0 Å². The normalized spacial score (nSPS) is 12.0. The zero-order valence-corrected chi connectivity index (χ0v) is 13.3. The van der Waals surface area contributed by atoms with Crippen molar-refractivity contribution in [2.75, 3.05) is 0 Å². The zero-order chi connectivity index (χ0) is 14.1. The predicted molar refractivity (Wildman–Crippen MR) is 93.5 cm³/mol. The van der Waals surface area contributed by atoms with Gasteiger partial charge in [0.05, 0.1) is 0 Å². The number of halogens is 1. The highest BCUT2D eigenvalue weighted by atomic mass is 79.9. The highest BCUT2D eigenvalue weighted by molar-refractivity contribution is 9.11. The van der Waals surface area contributed by atoms with Crippen LogP contribution in [0.1, 0.15) is 30.9 Å². The van der Waals surface area contributed by atoms with E-state index in [1.807, 2.05) is 4.99 Å². The lowest BCUT2D eigenvalue weighted by Crippen LogP contribution is -1.94. The molecule has 0 N–H and O–H groups in total. The van der Waals surface area contributed by atoms with Gasteiger partial charge in [-0.2, -0.15) is 0 Å². The summed E-state index contributed by atoms with van der Waals surface area (Å²) in [5.41, 5.74) is 2.71. The van der Waals surface area contributed by atoms with Crippen molar-refractivity contribution in [1.29, 1.82) is 0 Å². The van der Waals surface area contributed by atoms with E-state index in [1.165, 1.54) is 32.7 Å². The van der Waals surface area contributed by atoms with Gasteiger partial charge in [-0.1, -0.05) is 66.2 Å². The molecule has 3 rings (SSSR count). The van der Waals surface area contributed by atoms with Crippen LogP contribution in [-0.4, -0.2) is 0 Å². The van der Waals surface area contributed by atoms with Crippen molar-refractivity contribution in [3.63, 3.8) is 0 Å². The molecule has 3 aromatic carbocycles. The number of fused-ring (bicyclic) bond motifs is 2. The largest absolute Gasteiger partial charge is 0.0616 e. The molecular formula is C19H17Br. The fourth-order valence-electron chi connectivity index (χ4n) is 2.91. The average molecular weight is 325 g/mol. The van der Waals surface area contributed by atoms with E-state index in [2.05, 4.69) is 84.4 Å². The van der Waals surface area contributed by atoms with Gasteiger partial charge in [0, 0.05) is 0 Å². The Kier molecular flexibility index (Phi) is 3.62. The summed E-state index contributed by atoms with van der Waals surface area (Å²) in [5.74, 6) is 0.499. The van der Waals surface area contributed by atoms with E-state index in [4.69, 9.17) is 0 Å². The van der Waals surface area contributed by atoms with E-state index in [1.54, 1.807) is 0 Å². The molecule has 0 saturated carbocycles. The van der Waals surface area contributed by atoms with Gasteiger partial charge in [0.2, 0.25) is 0 Å². The lowest BCUT2D eigenvalue weighted by atomic mass is 9.90. The van der Waals surface area contributed by atoms with E-state index >= 15 is 0 Å². The second-order valence-electron chi connectivity index (χ2n) is 5.44. The quantitative estimate of drug-likeness (QED) is 0.473. The van der Waals surface area contributed by atoms with Crippen molar-refractivity contribution < 1.29 is 0 Å². The Morgan fingerprint density at radius 1 is 0.900 bits per heavy atom. The molecule has 0 bridgehead atoms. The molecule has 0 nitrogen and oxygen atoms in total. The summed E-state index contributed by atoms with van der Waals surface area (Å²) in [5, 5.41) is 5.29. The second kappa shape index (κ2) is 5.41. The summed E-state index contributed by atoms with van der Waals surface area (Å²) < 4.78 is 0. The minimum Gasteiger partial charge on any atom is -0.0616 e. The number of hydrogen-bond donors (Lipinski definition) is 0. The zero-order valence-electron chi connectivity index (χ0n) is 11.7. The van der Waals surface area contributed by atoms with E-state index in [0.717, 1.165) is 0 Å². The third-order valence-electron chi connectivity index (χ3n) is 3.78. The van der Waals surface area contributed by atoms with E-state index in [9.17, 15) is 0 Å². The van der Waals surface area contributed by atoms with Crippen molar-refractivity contribution in [3.8, 4) is 0 Å². The molecule has 0 fully saturated rings. The molecular weight excluding hydrogens is 308 g/mol. The number of benzene rings is 3. The van der Waals surface area contributed by atoms with Crippen LogP contribution in [0.2, 0.25) is 0 Å². The van der Waals surface area contributed by atoms with Gasteiger partial charge >= 0.3 is 0 Å². The maximum atomic E-state index is 3.39. The van der Waals surface area contributed by atoms with Gasteiger partial charge in [-0.15, -0.1) is 0 Å². The molecule has 20 heavy (non-hydrogen) atoms. The molecule has 0 heterocycles. The van der Waals surface area contributed by atoms with Crippen LogP contribution >= 0.6 is 15.9 Å². The van der Waals surface area contributed by atoms with Crippen LogP contribution in [-0.2, 0) is 0 Å². The summed E-state index contributed by atoms with van der Waals surface area (Å²) in [6.45, 7) is 4.52. The molecule has 100 valence electrons. The average Bonchev–Trinajstić information content (AvgIpc) is 2.45. The SMILES string of the molecule is CC(C)c1c(/C=C/Br)ccc2cc3ccccc3cc12. The molecule has 0 spiro atoms. The highest BCUT2D eigenvalue weighted by Crippen LogP contribution is 2.32. The number of rotatable bonds is 2. The first-order valence-electron chi connectivity index (χ1n) is 6.93. The molecule has 0 atom stereocenters.